The van der Waals surface area contributed by atoms with Crippen LogP contribution >= 0.6 is 0 Å². The first kappa shape index (κ1) is 14.7. The lowest BCUT2D eigenvalue weighted by molar-refractivity contribution is 0.104. The third-order valence-corrected chi connectivity index (χ3v) is 3.10. The van der Waals surface area contributed by atoms with E-state index in [1.807, 2.05) is 31.1 Å². The quantitative estimate of drug-likeness (QED) is 0.668. The number of aromatic hydroxyl groups is 2. The monoisotopic (exact) mass is 283 g/mol. The molecule has 0 unspecified atom stereocenters. The summed E-state index contributed by atoms with van der Waals surface area (Å²) in [6.07, 6.45) is 2.92. The molecular weight excluding hydrogens is 266 g/mol. The number of nitrogens with zero attached hydrogens (tertiary/aromatic N) is 1. The largest absolute Gasteiger partial charge is 0.508 e. The first-order valence-electron chi connectivity index (χ1n) is 6.49. The second kappa shape index (κ2) is 6.13. The summed E-state index contributed by atoms with van der Waals surface area (Å²) in [4.78, 5) is 14.0. The standard InChI is InChI=1S/C17H17NO3/c1-18(2)14-7-3-12(4-8-14)16(20)10-6-13-5-9-15(19)11-17(13)21/h3-11,19,21H,1-2H3/b10-6-. The molecule has 0 bridgehead atoms. The van der Waals surface area contributed by atoms with Gasteiger partial charge < -0.3 is 15.1 Å². The van der Waals surface area contributed by atoms with Gasteiger partial charge in [-0.1, -0.05) is 0 Å². The molecule has 21 heavy (non-hydrogen) atoms. The first-order valence-corrected chi connectivity index (χ1v) is 6.49. The number of carbonyl (C=O) groups is 1. The maximum Gasteiger partial charge on any atom is 0.185 e. The Kier molecular flexibility index (Phi) is 4.28. The molecule has 2 N–H and O–H groups in total. The molecule has 0 heterocycles. The summed E-state index contributed by atoms with van der Waals surface area (Å²) in [7, 11) is 3.87. The lowest BCUT2D eigenvalue weighted by Crippen LogP contribution is -2.08. The van der Waals surface area contributed by atoms with Crippen LogP contribution in [0.5, 0.6) is 11.5 Å². The Labute approximate surface area is 123 Å². The van der Waals surface area contributed by atoms with E-state index in [1.54, 1.807) is 18.2 Å². The molecule has 0 saturated carbocycles. The van der Waals surface area contributed by atoms with E-state index in [0.717, 1.165) is 5.69 Å². The topological polar surface area (TPSA) is 60.8 Å². The Hall–Kier alpha value is -2.75. The summed E-state index contributed by atoms with van der Waals surface area (Å²) in [6.45, 7) is 0. The van der Waals surface area contributed by atoms with Crippen molar-refractivity contribution >= 4 is 17.5 Å². The van der Waals surface area contributed by atoms with Gasteiger partial charge in [0.05, 0.1) is 0 Å². The molecule has 0 radical (unpaired) electrons. The molecule has 2 rings (SSSR count). The van der Waals surface area contributed by atoms with E-state index in [2.05, 4.69) is 0 Å². The van der Waals surface area contributed by atoms with Crippen molar-refractivity contribution in [3.8, 4) is 11.5 Å². The number of carbonyl (C=O) groups excluding carboxylic acids is 1. The third-order valence-electron chi connectivity index (χ3n) is 3.10. The van der Waals surface area contributed by atoms with Crippen molar-refractivity contribution in [1.29, 1.82) is 0 Å². The molecule has 0 aliphatic heterocycles. The van der Waals surface area contributed by atoms with Gasteiger partial charge in [-0.05, 0) is 48.6 Å². The van der Waals surface area contributed by atoms with Gasteiger partial charge in [-0.25, -0.2) is 0 Å². The van der Waals surface area contributed by atoms with Crippen LogP contribution in [0.1, 0.15) is 15.9 Å². The summed E-state index contributed by atoms with van der Waals surface area (Å²) in [5.41, 5.74) is 2.08. The summed E-state index contributed by atoms with van der Waals surface area (Å²) in [6, 6.07) is 11.5. The van der Waals surface area contributed by atoms with Crippen LogP contribution in [0.3, 0.4) is 0 Å². The van der Waals surface area contributed by atoms with Crippen LogP contribution in [-0.4, -0.2) is 30.1 Å². The highest BCUT2D eigenvalue weighted by atomic mass is 16.3. The Morgan fingerprint density at radius 2 is 1.71 bits per heavy atom. The van der Waals surface area contributed by atoms with Crippen LogP contribution in [0.15, 0.2) is 48.5 Å². The van der Waals surface area contributed by atoms with Gasteiger partial charge in [0, 0.05) is 37.0 Å². The number of phenolic OH excluding ortho intramolecular Hbond substituents is 2. The van der Waals surface area contributed by atoms with Crippen LogP contribution < -0.4 is 4.90 Å². The van der Waals surface area contributed by atoms with Gasteiger partial charge in [0.1, 0.15) is 11.5 Å². The molecule has 0 amide bonds. The third kappa shape index (κ3) is 3.63. The van der Waals surface area contributed by atoms with E-state index in [1.165, 1.54) is 24.3 Å². The zero-order valence-corrected chi connectivity index (χ0v) is 11.9. The Morgan fingerprint density at radius 3 is 2.29 bits per heavy atom. The highest BCUT2D eigenvalue weighted by Gasteiger charge is 2.04. The van der Waals surface area contributed by atoms with Crippen LogP contribution in [0.25, 0.3) is 6.08 Å². The zero-order chi connectivity index (χ0) is 15.4. The maximum atomic E-state index is 12.0. The van der Waals surface area contributed by atoms with Crippen molar-refractivity contribution in [2.45, 2.75) is 0 Å². The van der Waals surface area contributed by atoms with Gasteiger partial charge in [-0.3, -0.25) is 4.79 Å². The van der Waals surface area contributed by atoms with Crippen LogP contribution in [-0.2, 0) is 0 Å². The van der Waals surface area contributed by atoms with Crippen molar-refractivity contribution < 1.29 is 15.0 Å². The molecule has 4 nitrogen and oxygen atoms in total. The van der Waals surface area contributed by atoms with E-state index in [9.17, 15) is 15.0 Å². The first-order chi connectivity index (χ1) is 9.97. The van der Waals surface area contributed by atoms with E-state index in [0.29, 0.717) is 11.1 Å². The van der Waals surface area contributed by atoms with Gasteiger partial charge in [-0.2, -0.15) is 0 Å². The predicted octanol–water partition coefficient (Wildman–Crippen LogP) is 3.06. The highest BCUT2D eigenvalue weighted by Crippen LogP contribution is 2.23. The van der Waals surface area contributed by atoms with Gasteiger partial charge >= 0.3 is 0 Å². The summed E-state index contributed by atoms with van der Waals surface area (Å²) in [5.74, 6) is -0.231. The SMILES string of the molecule is CN(C)c1ccc(C(=O)/C=C\c2ccc(O)cc2O)cc1. The molecule has 0 aliphatic carbocycles. The van der Waals surface area contributed by atoms with Crippen molar-refractivity contribution in [2.24, 2.45) is 0 Å². The Balaban J connectivity index is 2.15. The molecule has 2 aromatic rings. The normalized spacial score (nSPS) is 10.8. The van der Waals surface area contributed by atoms with Gasteiger partial charge in [0.25, 0.3) is 0 Å². The molecule has 0 aliphatic rings. The second-order valence-corrected chi connectivity index (χ2v) is 4.88. The van der Waals surface area contributed by atoms with E-state index < -0.39 is 0 Å². The summed E-state index contributed by atoms with van der Waals surface area (Å²) >= 11 is 0. The Bertz CT molecular complexity index is 673. The predicted molar refractivity (Wildman–Crippen MR) is 83.9 cm³/mol. The minimum atomic E-state index is -0.146. The maximum absolute atomic E-state index is 12.0. The summed E-state index contributed by atoms with van der Waals surface area (Å²) < 4.78 is 0. The van der Waals surface area contributed by atoms with E-state index >= 15 is 0 Å². The molecule has 0 fully saturated rings. The minimum absolute atomic E-state index is 0.0183. The number of hydrogen-bond acceptors (Lipinski definition) is 4. The smallest absolute Gasteiger partial charge is 0.185 e. The van der Waals surface area contributed by atoms with Crippen LogP contribution in [0.2, 0.25) is 0 Å². The summed E-state index contributed by atoms with van der Waals surface area (Å²) in [5, 5.41) is 18.9. The zero-order valence-electron chi connectivity index (χ0n) is 11.9. The molecule has 0 spiro atoms. The molecule has 4 heteroatoms. The number of ketones is 1. The van der Waals surface area contributed by atoms with Crippen molar-refractivity contribution in [2.75, 3.05) is 19.0 Å². The lowest BCUT2D eigenvalue weighted by atomic mass is 10.1. The van der Waals surface area contributed by atoms with Crippen LogP contribution in [0.4, 0.5) is 5.69 Å². The molecule has 108 valence electrons. The fourth-order valence-corrected chi connectivity index (χ4v) is 1.86. The molecule has 0 atom stereocenters. The highest BCUT2D eigenvalue weighted by molar-refractivity contribution is 6.07. The van der Waals surface area contributed by atoms with Gasteiger partial charge in [-0.15, -0.1) is 0 Å². The second-order valence-electron chi connectivity index (χ2n) is 4.88. The number of hydrogen-bond donors (Lipinski definition) is 2. The number of phenols is 2. The van der Waals surface area contributed by atoms with E-state index in [-0.39, 0.29) is 17.3 Å². The number of rotatable bonds is 4. The van der Waals surface area contributed by atoms with Crippen LogP contribution in [0, 0.1) is 0 Å². The van der Waals surface area contributed by atoms with E-state index in [4.69, 9.17) is 0 Å². The molecule has 0 aromatic heterocycles. The average molecular weight is 283 g/mol. The molecule has 2 aromatic carbocycles. The van der Waals surface area contributed by atoms with Crippen molar-refractivity contribution in [3.63, 3.8) is 0 Å². The van der Waals surface area contributed by atoms with Crippen molar-refractivity contribution in [1.82, 2.24) is 0 Å². The number of allylic oxidation sites excluding steroid dienone is 1. The van der Waals surface area contributed by atoms with Gasteiger partial charge in [0.15, 0.2) is 5.78 Å². The minimum Gasteiger partial charge on any atom is -0.508 e. The average Bonchev–Trinajstić information content (AvgIpc) is 2.46. The fraction of sp³-hybridized carbons (Fsp3) is 0.118. The lowest BCUT2D eigenvalue weighted by Gasteiger charge is -2.11. The van der Waals surface area contributed by atoms with Crippen molar-refractivity contribution in [3.05, 3.63) is 59.7 Å². The number of benzene rings is 2. The fourth-order valence-electron chi connectivity index (χ4n) is 1.86. The number of anilines is 1. The molecular formula is C17H17NO3. The Morgan fingerprint density at radius 1 is 1.05 bits per heavy atom. The molecule has 0 saturated heterocycles. The van der Waals surface area contributed by atoms with Gasteiger partial charge in [0.2, 0.25) is 0 Å².